The summed E-state index contributed by atoms with van der Waals surface area (Å²) in [5, 5.41) is 4.63. The van der Waals surface area contributed by atoms with E-state index in [1.165, 1.54) is 35.5 Å². The SMILES string of the molecule is Cn1nc(CN(C(=O)c2cccc(OC(F)(F)F)c2)C2CCCC2)c2c1CCC2. The van der Waals surface area contributed by atoms with Crippen molar-refractivity contribution in [3.05, 3.63) is 46.8 Å². The van der Waals surface area contributed by atoms with Crippen molar-refractivity contribution in [2.45, 2.75) is 63.9 Å². The molecule has 2 aromatic rings. The van der Waals surface area contributed by atoms with Crippen molar-refractivity contribution in [1.82, 2.24) is 14.7 Å². The Bertz CT molecular complexity index is 901. The molecular formula is C21H24F3N3O2. The quantitative estimate of drug-likeness (QED) is 0.739. The van der Waals surface area contributed by atoms with Gasteiger partial charge >= 0.3 is 6.36 Å². The third-order valence-corrected chi connectivity index (χ3v) is 5.86. The maximum absolute atomic E-state index is 13.3. The minimum absolute atomic E-state index is 0.0775. The summed E-state index contributed by atoms with van der Waals surface area (Å²) in [7, 11) is 1.92. The molecule has 5 nitrogen and oxygen atoms in total. The Hall–Kier alpha value is -2.51. The Morgan fingerprint density at radius 1 is 1.24 bits per heavy atom. The highest BCUT2D eigenvalue weighted by atomic mass is 19.4. The van der Waals surface area contributed by atoms with Crippen molar-refractivity contribution >= 4 is 5.91 Å². The van der Waals surface area contributed by atoms with Gasteiger partial charge in [-0.15, -0.1) is 13.2 Å². The van der Waals surface area contributed by atoms with Gasteiger partial charge < -0.3 is 9.64 Å². The Labute approximate surface area is 167 Å². The van der Waals surface area contributed by atoms with Crippen LogP contribution in [-0.4, -0.2) is 33.0 Å². The van der Waals surface area contributed by atoms with Gasteiger partial charge in [0.15, 0.2) is 0 Å². The summed E-state index contributed by atoms with van der Waals surface area (Å²) >= 11 is 0. The Kier molecular flexibility index (Phi) is 5.27. The summed E-state index contributed by atoms with van der Waals surface area (Å²) in [6, 6.07) is 5.40. The van der Waals surface area contributed by atoms with Gasteiger partial charge in [-0.3, -0.25) is 9.48 Å². The van der Waals surface area contributed by atoms with Gasteiger partial charge in [0.05, 0.1) is 12.2 Å². The zero-order chi connectivity index (χ0) is 20.6. The first-order valence-corrected chi connectivity index (χ1v) is 10.0. The van der Waals surface area contributed by atoms with Crippen molar-refractivity contribution in [2.24, 2.45) is 7.05 Å². The topological polar surface area (TPSA) is 47.4 Å². The van der Waals surface area contributed by atoms with E-state index in [9.17, 15) is 18.0 Å². The number of ether oxygens (including phenoxy) is 1. The first kappa shape index (κ1) is 19.8. The number of benzene rings is 1. The molecule has 0 unspecified atom stereocenters. The van der Waals surface area contributed by atoms with Gasteiger partial charge in [-0.25, -0.2) is 0 Å². The number of rotatable bonds is 5. The summed E-state index contributed by atoms with van der Waals surface area (Å²) in [5.74, 6) is -0.657. The minimum Gasteiger partial charge on any atom is -0.406 e. The van der Waals surface area contributed by atoms with Crippen LogP contribution < -0.4 is 4.74 Å². The smallest absolute Gasteiger partial charge is 0.406 e. The molecule has 1 fully saturated rings. The predicted octanol–water partition coefficient (Wildman–Crippen LogP) is 4.39. The second-order valence-electron chi connectivity index (χ2n) is 7.80. The van der Waals surface area contributed by atoms with E-state index in [0.717, 1.165) is 50.6 Å². The maximum atomic E-state index is 13.3. The molecule has 0 spiro atoms. The Balaban J connectivity index is 1.61. The van der Waals surface area contributed by atoms with E-state index in [2.05, 4.69) is 9.84 Å². The van der Waals surface area contributed by atoms with Crippen molar-refractivity contribution in [1.29, 1.82) is 0 Å². The number of amides is 1. The highest BCUT2D eigenvalue weighted by Gasteiger charge is 2.33. The fraction of sp³-hybridized carbons (Fsp3) is 0.524. The van der Waals surface area contributed by atoms with Crippen LogP contribution >= 0.6 is 0 Å². The first-order valence-electron chi connectivity index (χ1n) is 10.0. The van der Waals surface area contributed by atoms with Crippen LogP contribution in [0.2, 0.25) is 0 Å². The molecule has 0 atom stereocenters. The largest absolute Gasteiger partial charge is 0.573 e. The predicted molar refractivity (Wildman–Crippen MR) is 100 cm³/mol. The number of halogens is 3. The number of fused-ring (bicyclic) bond motifs is 1. The molecule has 1 amide bonds. The van der Waals surface area contributed by atoms with Gasteiger partial charge in [0, 0.05) is 24.3 Å². The number of carbonyl (C=O) groups is 1. The molecule has 0 bridgehead atoms. The van der Waals surface area contributed by atoms with E-state index in [0.29, 0.717) is 6.54 Å². The van der Waals surface area contributed by atoms with Gasteiger partial charge in [-0.05, 0) is 55.9 Å². The molecule has 1 heterocycles. The lowest BCUT2D eigenvalue weighted by atomic mass is 10.1. The molecule has 0 aliphatic heterocycles. The molecule has 1 aromatic carbocycles. The van der Waals surface area contributed by atoms with Crippen molar-refractivity contribution in [3.63, 3.8) is 0 Å². The molecule has 2 aliphatic rings. The van der Waals surface area contributed by atoms with Gasteiger partial charge in [0.1, 0.15) is 5.75 Å². The zero-order valence-corrected chi connectivity index (χ0v) is 16.3. The summed E-state index contributed by atoms with van der Waals surface area (Å²) in [5.41, 5.74) is 3.55. The average molecular weight is 407 g/mol. The van der Waals surface area contributed by atoms with Crippen molar-refractivity contribution < 1.29 is 22.7 Å². The minimum atomic E-state index is -4.79. The number of nitrogens with zero attached hydrogens (tertiary/aromatic N) is 3. The standard InChI is InChI=1S/C21H24F3N3O2/c1-26-19-11-5-10-17(19)18(25-26)13-27(15-7-2-3-8-15)20(28)14-6-4-9-16(12-14)29-21(22,23)24/h4,6,9,12,15H,2-3,5,7-8,10-11,13H2,1H3. The lowest BCUT2D eigenvalue weighted by molar-refractivity contribution is -0.274. The van der Waals surface area contributed by atoms with E-state index >= 15 is 0 Å². The van der Waals surface area contributed by atoms with Crippen molar-refractivity contribution in [2.75, 3.05) is 0 Å². The molecule has 2 aliphatic carbocycles. The van der Waals surface area contributed by atoms with Crippen LogP contribution in [0.3, 0.4) is 0 Å². The summed E-state index contributed by atoms with van der Waals surface area (Å²) < 4.78 is 43.6. The van der Waals surface area contributed by atoms with Crippen LogP contribution in [-0.2, 0) is 26.4 Å². The third kappa shape index (κ3) is 4.26. The number of aryl methyl sites for hydroxylation is 1. The second-order valence-corrected chi connectivity index (χ2v) is 7.80. The van der Waals surface area contributed by atoms with Gasteiger partial charge in [0.25, 0.3) is 5.91 Å². The molecule has 0 radical (unpaired) electrons. The number of alkyl halides is 3. The van der Waals surface area contributed by atoms with Crippen molar-refractivity contribution in [3.8, 4) is 5.75 Å². The average Bonchev–Trinajstić information content (AvgIpc) is 3.38. The summed E-state index contributed by atoms with van der Waals surface area (Å²) in [6.45, 7) is 0.386. The normalized spacial score (nSPS) is 16.8. The molecule has 1 saturated carbocycles. The molecule has 0 N–H and O–H groups in total. The van der Waals surface area contributed by atoms with E-state index < -0.39 is 6.36 Å². The van der Waals surface area contributed by atoms with Crippen LogP contribution in [0.15, 0.2) is 24.3 Å². The lowest BCUT2D eigenvalue weighted by Gasteiger charge is -2.29. The molecule has 4 rings (SSSR count). The zero-order valence-electron chi connectivity index (χ0n) is 16.3. The monoisotopic (exact) mass is 407 g/mol. The molecule has 156 valence electrons. The third-order valence-electron chi connectivity index (χ3n) is 5.86. The maximum Gasteiger partial charge on any atom is 0.573 e. The Morgan fingerprint density at radius 2 is 2.00 bits per heavy atom. The molecule has 8 heteroatoms. The first-order chi connectivity index (χ1) is 13.8. The van der Waals surface area contributed by atoms with Gasteiger partial charge in [0.2, 0.25) is 0 Å². The fourth-order valence-electron chi connectivity index (χ4n) is 4.56. The molecule has 0 saturated heterocycles. The highest BCUT2D eigenvalue weighted by molar-refractivity contribution is 5.94. The van der Waals surface area contributed by atoms with E-state index in [1.807, 2.05) is 11.7 Å². The van der Waals surface area contributed by atoms with Gasteiger partial charge in [-0.1, -0.05) is 18.9 Å². The van der Waals surface area contributed by atoms with Crippen LogP contribution in [0, 0.1) is 0 Å². The van der Waals surface area contributed by atoms with E-state index in [1.54, 1.807) is 4.90 Å². The number of carbonyl (C=O) groups excluding carboxylic acids is 1. The van der Waals surface area contributed by atoms with Crippen LogP contribution in [0.25, 0.3) is 0 Å². The number of hydrogen-bond donors (Lipinski definition) is 0. The molecule has 29 heavy (non-hydrogen) atoms. The number of hydrogen-bond acceptors (Lipinski definition) is 3. The Morgan fingerprint density at radius 3 is 2.72 bits per heavy atom. The van der Waals surface area contributed by atoms with Gasteiger partial charge in [-0.2, -0.15) is 5.10 Å². The van der Waals surface area contributed by atoms with E-state index in [-0.39, 0.29) is 23.3 Å². The highest BCUT2D eigenvalue weighted by Crippen LogP contribution is 2.31. The summed E-state index contributed by atoms with van der Waals surface area (Å²) in [6.07, 6.45) is 2.15. The van der Waals surface area contributed by atoms with Crippen LogP contribution in [0.1, 0.15) is 59.4 Å². The van der Waals surface area contributed by atoms with Crippen LogP contribution in [0.4, 0.5) is 13.2 Å². The van der Waals surface area contributed by atoms with Crippen LogP contribution in [0.5, 0.6) is 5.75 Å². The molecule has 1 aromatic heterocycles. The molecular weight excluding hydrogens is 383 g/mol. The van der Waals surface area contributed by atoms with E-state index in [4.69, 9.17) is 0 Å². The lowest BCUT2D eigenvalue weighted by Crippen LogP contribution is -2.38. The fourth-order valence-corrected chi connectivity index (χ4v) is 4.56. The number of aromatic nitrogens is 2. The second kappa shape index (κ2) is 7.72. The summed E-state index contributed by atoms with van der Waals surface area (Å²) in [4.78, 5) is 15.1.